The molecule has 0 spiro atoms. The van der Waals surface area contributed by atoms with Crippen molar-refractivity contribution >= 4 is 0 Å². The second-order valence-electron chi connectivity index (χ2n) is 3.04. The highest BCUT2D eigenvalue weighted by atomic mass is 14.9. The smallest absolute Gasteiger partial charge is 0.0139 e. The van der Waals surface area contributed by atoms with E-state index in [1.807, 2.05) is 0 Å². The van der Waals surface area contributed by atoms with Crippen molar-refractivity contribution in [2.75, 3.05) is 6.54 Å². The Morgan fingerprint density at radius 3 is 3.09 bits per heavy atom. The fraction of sp³-hybridized carbons (Fsp3) is 0.600. The Balaban J connectivity index is 2.47. The van der Waals surface area contributed by atoms with Gasteiger partial charge in [-0.2, -0.15) is 0 Å². The molecule has 1 N–H and O–H groups in total. The molecule has 1 heteroatoms. The molecule has 0 aromatic rings. The molecule has 11 heavy (non-hydrogen) atoms. The first-order valence-corrected chi connectivity index (χ1v) is 4.41. The number of rotatable bonds is 2. The van der Waals surface area contributed by atoms with E-state index >= 15 is 0 Å². The van der Waals surface area contributed by atoms with E-state index < -0.39 is 0 Å². The lowest BCUT2D eigenvalue weighted by atomic mass is 9.97. The van der Waals surface area contributed by atoms with Crippen molar-refractivity contribution < 1.29 is 0 Å². The van der Waals surface area contributed by atoms with Crippen LogP contribution in [0.1, 0.15) is 20.3 Å². The molecule has 0 radical (unpaired) electrons. The lowest BCUT2D eigenvalue weighted by molar-refractivity contribution is 0.494. The monoisotopic (exact) mass is 151 g/mol. The fourth-order valence-electron chi connectivity index (χ4n) is 1.31. The SMILES string of the molecule is CC/C=C\C1C=CCNC1C. The van der Waals surface area contributed by atoms with Crippen LogP contribution < -0.4 is 5.32 Å². The third-order valence-electron chi connectivity index (χ3n) is 2.09. The molecule has 0 amide bonds. The van der Waals surface area contributed by atoms with Crippen molar-refractivity contribution in [3.05, 3.63) is 24.3 Å². The van der Waals surface area contributed by atoms with Gasteiger partial charge in [0.15, 0.2) is 0 Å². The predicted molar refractivity (Wildman–Crippen MR) is 49.5 cm³/mol. The van der Waals surface area contributed by atoms with Crippen LogP contribution >= 0.6 is 0 Å². The zero-order chi connectivity index (χ0) is 8.10. The first-order chi connectivity index (χ1) is 5.34. The van der Waals surface area contributed by atoms with Gasteiger partial charge in [-0.05, 0) is 13.3 Å². The summed E-state index contributed by atoms with van der Waals surface area (Å²) >= 11 is 0. The van der Waals surface area contributed by atoms with Crippen molar-refractivity contribution in [3.8, 4) is 0 Å². The van der Waals surface area contributed by atoms with Crippen LogP contribution in [0.5, 0.6) is 0 Å². The van der Waals surface area contributed by atoms with Crippen molar-refractivity contribution in [1.82, 2.24) is 5.32 Å². The maximum absolute atomic E-state index is 3.40. The van der Waals surface area contributed by atoms with Crippen molar-refractivity contribution in [2.24, 2.45) is 5.92 Å². The van der Waals surface area contributed by atoms with Crippen molar-refractivity contribution in [2.45, 2.75) is 26.3 Å². The third kappa shape index (κ3) is 2.51. The van der Waals surface area contributed by atoms with Crippen LogP contribution in [0.15, 0.2) is 24.3 Å². The number of hydrogen-bond acceptors (Lipinski definition) is 1. The first kappa shape index (κ1) is 8.54. The van der Waals surface area contributed by atoms with Gasteiger partial charge >= 0.3 is 0 Å². The second-order valence-corrected chi connectivity index (χ2v) is 3.04. The molecule has 2 unspecified atom stereocenters. The summed E-state index contributed by atoms with van der Waals surface area (Å²) in [5, 5.41) is 3.40. The molecule has 0 saturated heterocycles. The largest absolute Gasteiger partial charge is 0.310 e. The normalized spacial score (nSPS) is 31.5. The molecule has 1 rings (SSSR count). The van der Waals surface area contributed by atoms with Gasteiger partial charge in [-0.1, -0.05) is 31.2 Å². The third-order valence-corrected chi connectivity index (χ3v) is 2.09. The quantitative estimate of drug-likeness (QED) is 0.596. The maximum atomic E-state index is 3.40. The molecule has 1 nitrogen and oxygen atoms in total. The highest BCUT2D eigenvalue weighted by molar-refractivity contribution is 5.08. The van der Waals surface area contributed by atoms with Gasteiger partial charge in [-0.3, -0.25) is 0 Å². The average Bonchev–Trinajstić information content (AvgIpc) is 2.03. The standard InChI is InChI=1S/C10H17N/c1-3-4-6-10-7-5-8-11-9(10)2/h4-7,9-11H,3,8H2,1-2H3/b6-4-. The molecule has 0 bridgehead atoms. The van der Waals surface area contributed by atoms with Crippen LogP contribution in [-0.4, -0.2) is 12.6 Å². The Labute approximate surface area is 69.2 Å². The Morgan fingerprint density at radius 1 is 1.64 bits per heavy atom. The molecule has 0 aliphatic carbocycles. The number of allylic oxidation sites excluding steroid dienone is 1. The summed E-state index contributed by atoms with van der Waals surface area (Å²) in [6.45, 7) is 5.42. The molecule has 0 fully saturated rings. The summed E-state index contributed by atoms with van der Waals surface area (Å²) in [5.41, 5.74) is 0. The van der Waals surface area contributed by atoms with Crippen molar-refractivity contribution in [1.29, 1.82) is 0 Å². The molecule has 2 atom stereocenters. The molecule has 0 aromatic heterocycles. The zero-order valence-electron chi connectivity index (χ0n) is 7.38. The molecule has 1 heterocycles. The van der Waals surface area contributed by atoms with Crippen LogP contribution in [0, 0.1) is 5.92 Å². The lowest BCUT2D eigenvalue weighted by Gasteiger charge is -2.22. The van der Waals surface area contributed by atoms with E-state index in [9.17, 15) is 0 Å². The topological polar surface area (TPSA) is 12.0 Å². The summed E-state index contributed by atoms with van der Waals surface area (Å²) < 4.78 is 0. The highest BCUT2D eigenvalue weighted by Gasteiger charge is 2.12. The Bertz CT molecular complexity index is 158. The summed E-state index contributed by atoms with van der Waals surface area (Å²) in [6, 6.07) is 0.600. The molecular weight excluding hydrogens is 134 g/mol. The first-order valence-electron chi connectivity index (χ1n) is 4.41. The van der Waals surface area contributed by atoms with E-state index in [0.29, 0.717) is 12.0 Å². The van der Waals surface area contributed by atoms with E-state index in [1.165, 1.54) is 0 Å². The zero-order valence-corrected chi connectivity index (χ0v) is 7.38. The van der Waals surface area contributed by atoms with Gasteiger partial charge in [-0.15, -0.1) is 0 Å². The summed E-state index contributed by atoms with van der Waals surface area (Å²) in [4.78, 5) is 0. The van der Waals surface area contributed by atoms with E-state index in [-0.39, 0.29) is 0 Å². The molecule has 1 aliphatic heterocycles. The van der Waals surface area contributed by atoms with Gasteiger partial charge in [0.2, 0.25) is 0 Å². The van der Waals surface area contributed by atoms with Gasteiger partial charge < -0.3 is 5.32 Å². The molecular formula is C10H17N. The predicted octanol–water partition coefficient (Wildman–Crippen LogP) is 2.12. The van der Waals surface area contributed by atoms with Gasteiger partial charge in [-0.25, -0.2) is 0 Å². The summed E-state index contributed by atoms with van der Waals surface area (Å²) in [7, 11) is 0. The van der Waals surface area contributed by atoms with E-state index in [2.05, 4.69) is 43.5 Å². The Kier molecular flexibility index (Phi) is 3.37. The number of nitrogens with one attached hydrogen (secondary N) is 1. The Hall–Kier alpha value is -0.560. The molecule has 1 aliphatic rings. The van der Waals surface area contributed by atoms with Gasteiger partial charge in [0.05, 0.1) is 0 Å². The molecule has 0 saturated carbocycles. The highest BCUT2D eigenvalue weighted by Crippen LogP contribution is 2.11. The molecule has 0 aromatic carbocycles. The van der Waals surface area contributed by atoms with Gasteiger partial charge in [0.25, 0.3) is 0 Å². The second kappa shape index (κ2) is 4.35. The van der Waals surface area contributed by atoms with Crippen LogP contribution in [0.4, 0.5) is 0 Å². The van der Waals surface area contributed by atoms with Crippen LogP contribution in [0.2, 0.25) is 0 Å². The van der Waals surface area contributed by atoms with E-state index in [4.69, 9.17) is 0 Å². The summed E-state index contributed by atoms with van der Waals surface area (Å²) in [6.07, 6.45) is 10.1. The minimum atomic E-state index is 0.600. The Morgan fingerprint density at radius 2 is 2.45 bits per heavy atom. The minimum Gasteiger partial charge on any atom is -0.310 e. The van der Waals surface area contributed by atoms with Crippen LogP contribution in [0.3, 0.4) is 0 Å². The van der Waals surface area contributed by atoms with Crippen LogP contribution in [0.25, 0.3) is 0 Å². The van der Waals surface area contributed by atoms with Gasteiger partial charge in [0.1, 0.15) is 0 Å². The van der Waals surface area contributed by atoms with Gasteiger partial charge in [0, 0.05) is 18.5 Å². The maximum Gasteiger partial charge on any atom is 0.0139 e. The average molecular weight is 151 g/mol. The van der Waals surface area contributed by atoms with Crippen LogP contribution in [-0.2, 0) is 0 Å². The molecule has 62 valence electrons. The fourth-order valence-corrected chi connectivity index (χ4v) is 1.31. The number of hydrogen-bond donors (Lipinski definition) is 1. The summed E-state index contributed by atoms with van der Waals surface area (Å²) in [5.74, 6) is 0.601. The lowest BCUT2D eigenvalue weighted by Crippen LogP contribution is -2.34. The van der Waals surface area contributed by atoms with E-state index in [0.717, 1.165) is 13.0 Å². The van der Waals surface area contributed by atoms with Crippen molar-refractivity contribution in [3.63, 3.8) is 0 Å². The van der Waals surface area contributed by atoms with E-state index in [1.54, 1.807) is 0 Å². The minimum absolute atomic E-state index is 0.600.